The van der Waals surface area contributed by atoms with E-state index >= 15 is 0 Å². The van der Waals surface area contributed by atoms with Crippen molar-refractivity contribution in [1.29, 1.82) is 0 Å². The molecule has 184 valence electrons. The van der Waals surface area contributed by atoms with Crippen LogP contribution in [0.3, 0.4) is 0 Å². The van der Waals surface area contributed by atoms with Gasteiger partial charge in [0.1, 0.15) is 11.6 Å². The molecule has 0 amide bonds. The van der Waals surface area contributed by atoms with E-state index in [2.05, 4.69) is 89.8 Å². The summed E-state index contributed by atoms with van der Waals surface area (Å²) >= 11 is 0. The Morgan fingerprint density at radius 3 is 2.11 bits per heavy atom. The van der Waals surface area contributed by atoms with Gasteiger partial charge in [-0.15, -0.1) is 0 Å². The Balaban J connectivity index is 1.31. The van der Waals surface area contributed by atoms with Crippen molar-refractivity contribution in [1.82, 2.24) is 4.90 Å². The molecule has 1 saturated heterocycles. The van der Waals surface area contributed by atoms with Gasteiger partial charge in [0.25, 0.3) is 0 Å². The third-order valence-corrected chi connectivity index (χ3v) is 7.72. The predicted molar refractivity (Wildman–Crippen MR) is 147 cm³/mol. The summed E-state index contributed by atoms with van der Waals surface area (Å²) in [6.45, 7) is 2.88. The van der Waals surface area contributed by atoms with Crippen LogP contribution in [0.2, 0.25) is 0 Å². The zero-order valence-electron chi connectivity index (χ0n) is 20.7. The first-order valence-electron chi connectivity index (χ1n) is 12.9. The Kier molecular flexibility index (Phi) is 6.55. The third-order valence-electron chi connectivity index (χ3n) is 7.72. The van der Waals surface area contributed by atoms with Gasteiger partial charge in [0.2, 0.25) is 0 Å². The monoisotopic (exact) mass is 489 g/mol. The van der Waals surface area contributed by atoms with E-state index in [1.54, 1.807) is 0 Å². The highest BCUT2D eigenvalue weighted by atomic mass is 19.1. The molecule has 0 saturated carbocycles. The lowest BCUT2D eigenvalue weighted by Crippen LogP contribution is -2.20. The maximum atomic E-state index is 14.4. The van der Waals surface area contributed by atoms with Crippen molar-refractivity contribution >= 4 is 10.8 Å². The standard InChI is InChI=1S/C34H29F2N/c35-32-14-7-15-33(36)34(32)27-18-16-26(17-19-27)31-23-37(21-24-8-2-1-3-9-24)22-29(31)20-28-12-6-11-25-10-4-5-13-30(25)28/h1-19,29,31H,20-23H2/t29-,31+/m1/s1. The molecular weight excluding hydrogens is 460 g/mol. The number of halogens is 2. The highest BCUT2D eigenvalue weighted by molar-refractivity contribution is 5.85. The van der Waals surface area contributed by atoms with Crippen LogP contribution in [0, 0.1) is 17.6 Å². The van der Waals surface area contributed by atoms with Gasteiger partial charge in [-0.3, -0.25) is 4.90 Å². The molecule has 0 unspecified atom stereocenters. The van der Waals surface area contributed by atoms with Crippen LogP contribution < -0.4 is 0 Å². The van der Waals surface area contributed by atoms with Gasteiger partial charge in [0.15, 0.2) is 0 Å². The quantitative estimate of drug-likeness (QED) is 0.232. The third kappa shape index (κ3) is 4.92. The van der Waals surface area contributed by atoms with E-state index in [9.17, 15) is 8.78 Å². The van der Waals surface area contributed by atoms with E-state index in [0.29, 0.717) is 17.4 Å². The summed E-state index contributed by atoms with van der Waals surface area (Å²) in [7, 11) is 0. The van der Waals surface area contributed by atoms with E-state index < -0.39 is 11.6 Å². The Morgan fingerprint density at radius 1 is 0.649 bits per heavy atom. The van der Waals surface area contributed by atoms with E-state index in [1.165, 1.54) is 45.7 Å². The van der Waals surface area contributed by atoms with Gasteiger partial charge in [-0.1, -0.05) is 103 Å². The first kappa shape index (κ1) is 23.6. The molecule has 0 bridgehead atoms. The Morgan fingerprint density at radius 2 is 1.32 bits per heavy atom. The van der Waals surface area contributed by atoms with Crippen LogP contribution >= 0.6 is 0 Å². The Bertz CT molecular complexity index is 1490. The fourth-order valence-corrected chi connectivity index (χ4v) is 5.94. The lowest BCUT2D eigenvalue weighted by Gasteiger charge is -2.20. The molecule has 2 atom stereocenters. The van der Waals surface area contributed by atoms with Crippen LogP contribution in [0.5, 0.6) is 0 Å². The SMILES string of the molecule is Fc1cccc(F)c1-c1ccc([C@@H]2CN(Cc3ccccc3)C[C@H]2Cc2cccc3ccccc23)cc1. The topological polar surface area (TPSA) is 3.24 Å². The lowest BCUT2D eigenvalue weighted by molar-refractivity contribution is 0.315. The maximum absolute atomic E-state index is 14.4. The van der Waals surface area contributed by atoms with Crippen LogP contribution in [0.4, 0.5) is 8.78 Å². The molecule has 0 spiro atoms. The van der Waals surface area contributed by atoms with Crippen molar-refractivity contribution in [2.24, 2.45) is 5.92 Å². The molecule has 5 aromatic carbocycles. The van der Waals surface area contributed by atoms with Crippen LogP contribution in [0.25, 0.3) is 21.9 Å². The summed E-state index contributed by atoms with van der Waals surface area (Å²) in [5.41, 5.74) is 4.53. The number of hydrogen-bond acceptors (Lipinski definition) is 1. The van der Waals surface area contributed by atoms with Gasteiger partial charge in [-0.2, -0.15) is 0 Å². The van der Waals surface area contributed by atoms with Crippen LogP contribution in [-0.4, -0.2) is 18.0 Å². The number of fused-ring (bicyclic) bond motifs is 1. The van der Waals surface area contributed by atoms with Gasteiger partial charge in [-0.05, 0) is 57.5 Å². The minimum absolute atomic E-state index is 0.0403. The molecular formula is C34H29F2N. The minimum Gasteiger partial charge on any atom is -0.298 e. The lowest BCUT2D eigenvalue weighted by atomic mass is 9.83. The van der Waals surface area contributed by atoms with E-state index in [4.69, 9.17) is 0 Å². The van der Waals surface area contributed by atoms with Crippen LogP contribution in [-0.2, 0) is 13.0 Å². The summed E-state index contributed by atoms with van der Waals surface area (Å²) in [6, 6.07) is 37.7. The van der Waals surface area contributed by atoms with E-state index in [1.807, 2.05) is 12.1 Å². The summed E-state index contributed by atoms with van der Waals surface area (Å²) in [5.74, 6) is -0.291. The molecule has 1 aliphatic rings. The molecule has 0 aliphatic carbocycles. The molecule has 0 aromatic heterocycles. The summed E-state index contributed by atoms with van der Waals surface area (Å²) in [6.07, 6.45) is 0.987. The van der Waals surface area contributed by atoms with Crippen molar-refractivity contribution in [2.75, 3.05) is 13.1 Å². The number of rotatable bonds is 6. The second kappa shape index (κ2) is 10.3. The molecule has 6 rings (SSSR count). The van der Waals surface area contributed by atoms with Crippen molar-refractivity contribution in [3.63, 3.8) is 0 Å². The van der Waals surface area contributed by atoms with Crippen LogP contribution in [0.1, 0.15) is 22.6 Å². The summed E-state index contributed by atoms with van der Waals surface area (Å²) in [4.78, 5) is 2.54. The molecule has 0 N–H and O–H groups in total. The molecule has 0 radical (unpaired) electrons. The fourth-order valence-electron chi connectivity index (χ4n) is 5.94. The average molecular weight is 490 g/mol. The zero-order chi connectivity index (χ0) is 25.2. The molecule has 37 heavy (non-hydrogen) atoms. The van der Waals surface area contributed by atoms with Crippen molar-refractivity contribution in [3.8, 4) is 11.1 Å². The molecule has 1 fully saturated rings. The Labute approximate surface area is 217 Å². The zero-order valence-corrected chi connectivity index (χ0v) is 20.7. The molecule has 1 nitrogen and oxygen atoms in total. The van der Waals surface area contributed by atoms with Crippen molar-refractivity contribution in [3.05, 3.63) is 144 Å². The second-order valence-electron chi connectivity index (χ2n) is 10.1. The number of hydrogen-bond donors (Lipinski definition) is 0. The molecule has 1 heterocycles. The van der Waals surface area contributed by atoms with Gasteiger partial charge < -0.3 is 0 Å². The Hall–Kier alpha value is -3.82. The van der Waals surface area contributed by atoms with Crippen molar-refractivity contribution < 1.29 is 8.78 Å². The van der Waals surface area contributed by atoms with E-state index in [0.717, 1.165) is 26.1 Å². The number of benzene rings is 5. The maximum Gasteiger partial charge on any atom is 0.133 e. The fraction of sp³-hybridized carbons (Fsp3) is 0.176. The first-order chi connectivity index (χ1) is 18.2. The number of nitrogens with zero attached hydrogens (tertiary/aromatic N) is 1. The molecule has 3 heteroatoms. The smallest absolute Gasteiger partial charge is 0.133 e. The van der Waals surface area contributed by atoms with Crippen molar-refractivity contribution in [2.45, 2.75) is 18.9 Å². The van der Waals surface area contributed by atoms with Gasteiger partial charge >= 0.3 is 0 Å². The molecule has 1 aliphatic heterocycles. The average Bonchev–Trinajstić information content (AvgIpc) is 3.31. The highest BCUT2D eigenvalue weighted by Gasteiger charge is 2.34. The first-order valence-corrected chi connectivity index (χ1v) is 12.9. The van der Waals surface area contributed by atoms with E-state index in [-0.39, 0.29) is 5.56 Å². The number of likely N-dealkylation sites (tertiary alicyclic amines) is 1. The summed E-state index contributed by atoms with van der Waals surface area (Å²) in [5, 5.41) is 2.59. The normalized spacial score (nSPS) is 17.9. The highest BCUT2D eigenvalue weighted by Crippen LogP contribution is 2.38. The minimum atomic E-state index is -0.531. The predicted octanol–water partition coefficient (Wildman–Crippen LogP) is 8.24. The summed E-state index contributed by atoms with van der Waals surface area (Å²) < 4.78 is 28.8. The molecule has 5 aromatic rings. The second-order valence-corrected chi connectivity index (χ2v) is 10.1. The van der Waals surface area contributed by atoms with Gasteiger partial charge in [-0.25, -0.2) is 8.78 Å². The van der Waals surface area contributed by atoms with Gasteiger partial charge in [0, 0.05) is 25.6 Å². The largest absolute Gasteiger partial charge is 0.298 e. The van der Waals surface area contributed by atoms with Gasteiger partial charge in [0.05, 0.1) is 5.56 Å². The van der Waals surface area contributed by atoms with Crippen LogP contribution in [0.15, 0.2) is 115 Å².